The van der Waals surface area contributed by atoms with E-state index in [1.807, 2.05) is 45.9 Å². The summed E-state index contributed by atoms with van der Waals surface area (Å²) in [4.78, 5) is 16.7. The maximum Gasteiger partial charge on any atom is 0.319 e. The second-order valence-electron chi connectivity index (χ2n) is 8.15. The highest BCUT2D eigenvalue weighted by Crippen LogP contribution is 2.35. The predicted octanol–water partition coefficient (Wildman–Crippen LogP) is 3.69. The summed E-state index contributed by atoms with van der Waals surface area (Å²) in [5.41, 5.74) is 8.00. The maximum atomic E-state index is 12.2. The Labute approximate surface area is 153 Å². The molecular weight excluding hydrogens is 330 g/mol. The van der Waals surface area contributed by atoms with Crippen LogP contribution in [0, 0.1) is 6.92 Å². The van der Waals surface area contributed by atoms with E-state index in [1.165, 1.54) is 0 Å². The van der Waals surface area contributed by atoms with Crippen LogP contribution >= 0.6 is 0 Å². The number of carbonyl (C=O) groups excluding carboxylic acids is 1. The second kappa shape index (κ2) is 6.72. The number of amides is 2. The minimum atomic E-state index is -0.486. The summed E-state index contributed by atoms with van der Waals surface area (Å²) in [5, 5.41) is 9.86. The summed E-state index contributed by atoms with van der Waals surface area (Å²) in [5.74, 6) is 0.974. The molecule has 1 aliphatic carbocycles. The molecule has 1 aromatic heterocycles. The van der Waals surface area contributed by atoms with Crippen molar-refractivity contribution in [1.82, 2.24) is 15.5 Å². The van der Waals surface area contributed by atoms with E-state index in [-0.39, 0.29) is 11.6 Å². The first-order valence-electron chi connectivity index (χ1n) is 9.00. The van der Waals surface area contributed by atoms with Gasteiger partial charge < -0.3 is 20.9 Å². The van der Waals surface area contributed by atoms with E-state index >= 15 is 0 Å². The van der Waals surface area contributed by atoms with Crippen LogP contribution in [0.2, 0.25) is 0 Å². The highest BCUT2D eigenvalue weighted by Gasteiger charge is 2.36. The van der Waals surface area contributed by atoms with Crippen molar-refractivity contribution in [1.29, 1.82) is 0 Å². The van der Waals surface area contributed by atoms with Crippen molar-refractivity contribution in [2.45, 2.75) is 64.5 Å². The Morgan fingerprint density at radius 3 is 2.62 bits per heavy atom. The minimum Gasteiger partial charge on any atom is -0.334 e. The van der Waals surface area contributed by atoms with Crippen LogP contribution in [0.25, 0.3) is 11.5 Å². The number of nitrogens with one attached hydrogen (secondary N) is 2. The van der Waals surface area contributed by atoms with Gasteiger partial charge in [0.2, 0.25) is 0 Å². The number of carbonyl (C=O) groups is 1. The van der Waals surface area contributed by atoms with Crippen molar-refractivity contribution in [2.75, 3.05) is 5.32 Å². The zero-order valence-corrected chi connectivity index (χ0v) is 15.8. The number of aromatic nitrogens is 2. The zero-order chi connectivity index (χ0) is 18.9. The van der Waals surface area contributed by atoms with E-state index in [2.05, 4.69) is 20.8 Å². The van der Waals surface area contributed by atoms with Crippen LogP contribution in [-0.2, 0) is 5.54 Å². The van der Waals surface area contributed by atoms with Gasteiger partial charge in [0.05, 0.1) is 5.54 Å². The van der Waals surface area contributed by atoms with E-state index in [0.29, 0.717) is 17.4 Å². The quantitative estimate of drug-likeness (QED) is 0.777. The molecule has 4 N–H and O–H groups in total. The summed E-state index contributed by atoms with van der Waals surface area (Å²) in [7, 11) is 0. The molecule has 0 radical (unpaired) electrons. The van der Waals surface area contributed by atoms with Crippen LogP contribution in [0.5, 0.6) is 0 Å². The van der Waals surface area contributed by atoms with Crippen LogP contribution < -0.4 is 16.4 Å². The molecule has 1 saturated carbocycles. The second-order valence-corrected chi connectivity index (χ2v) is 8.15. The van der Waals surface area contributed by atoms with Crippen LogP contribution in [0.15, 0.2) is 22.7 Å². The van der Waals surface area contributed by atoms with Crippen molar-refractivity contribution < 1.29 is 9.32 Å². The Kier molecular flexibility index (Phi) is 4.75. The van der Waals surface area contributed by atoms with Crippen LogP contribution in [-0.4, -0.2) is 21.7 Å². The fraction of sp³-hybridized carbons (Fsp3) is 0.526. The lowest BCUT2D eigenvalue weighted by atomic mass is 9.98. The zero-order valence-electron chi connectivity index (χ0n) is 15.8. The van der Waals surface area contributed by atoms with Crippen LogP contribution in [0.4, 0.5) is 10.5 Å². The number of urea groups is 1. The first-order chi connectivity index (χ1) is 12.2. The van der Waals surface area contributed by atoms with E-state index < -0.39 is 5.54 Å². The van der Waals surface area contributed by atoms with Crippen molar-refractivity contribution >= 4 is 11.7 Å². The lowest BCUT2D eigenvalue weighted by molar-refractivity contribution is 0.244. The van der Waals surface area contributed by atoms with Gasteiger partial charge in [-0.05, 0) is 58.2 Å². The molecule has 26 heavy (non-hydrogen) atoms. The average molecular weight is 357 g/mol. The number of aryl methyl sites for hydroxylation is 1. The molecule has 1 aromatic carbocycles. The van der Waals surface area contributed by atoms with Gasteiger partial charge in [0.1, 0.15) is 0 Å². The standard InChI is InChI=1S/C19H27N5O2/c1-12-7-8-13(11-14(12)21-17(25)23-18(2,3)4)15-22-16(24-26-15)19(20)9-5-6-10-19/h7-8,11H,5-6,9-10,20H2,1-4H3,(H2,21,23,25). The molecule has 2 amide bonds. The number of nitrogens with two attached hydrogens (primary N) is 1. The van der Waals surface area contributed by atoms with Gasteiger partial charge >= 0.3 is 6.03 Å². The van der Waals surface area contributed by atoms with E-state index in [0.717, 1.165) is 36.8 Å². The molecule has 7 heteroatoms. The topological polar surface area (TPSA) is 106 Å². The Bertz CT molecular complexity index is 801. The summed E-state index contributed by atoms with van der Waals surface area (Å²) < 4.78 is 5.44. The molecule has 1 heterocycles. The van der Waals surface area contributed by atoms with Gasteiger partial charge in [-0.25, -0.2) is 4.79 Å². The van der Waals surface area contributed by atoms with Crippen molar-refractivity contribution in [3.63, 3.8) is 0 Å². The molecular formula is C19H27N5O2. The van der Waals surface area contributed by atoms with Gasteiger partial charge in [-0.2, -0.15) is 4.98 Å². The van der Waals surface area contributed by atoms with Gasteiger partial charge in [-0.15, -0.1) is 0 Å². The lowest BCUT2D eigenvalue weighted by Gasteiger charge is -2.21. The van der Waals surface area contributed by atoms with Crippen LogP contribution in [0.3, 0.4) is 0 Å². The molecule has 0 bridgehead atoms. The molecule has 0 spiro atoms. The Hall–Kier alpha value is -2.41. The number of hydrogen-bond donors (Lipinski definition) is 3. The first kappa shape index (κ1) is 18.4. The van der Waals surface area contributed by atoms with Crippen molar-refractivity contribution in [3.05, 3.63) is 29.6 Å². The molecule has 3 rings (SSSR count). The van der Waals surface area contributed by atoms with E-state index in [4.69, 9.17) is 10.3 Å². The summed E-state index contributed by atoms with van der Waals surface area (Å²) in [6, 6.07) is 5.40. The molecule has 2 aromatic rings. The Morgan fingerprint density at radius 1 is 1.27 bits per heavy atom. The molecule has 7 nitrogen and oxygen atoms in total. The Balaban J connectivity index is 1.81. The highest BCUT2D eigenvalue weighted by atomic mass is 16.5. The first-order valence-corrected chi connectivity index (χ1v) is 9.00. The SMILES string of the molecule is Cc1ccc(-c2nc(C3(N)CCCC3)no2)cc1NC(=O)NC(C)(C)C. The molecule has 0 unspecified atom stereocenters. The Morgan fingerprint density at radius 2 is 1.96 bits per heavy atom. The number of rotatable bonds is 3. The largest absolute Gasteiger partial charge is 0.334 e. The fourth-order valence-electron chi connectivity index (χ4n) is 3.16. The predicted molar refractivity (Wildman–Crippen MR) is 101 cm³/mol. The van der Waals surface area contributed by atoms with Crippen molar-refractivity contribution in [3.8, 4) is 11.5 Å². The smallest absolute Gasteiger partial charge is 0.319 e. The number of anilines is 1. The highest BCUT2D eigenvalue weighted by molar-refractivity contribution is 5.91. The molecule has 140 valence electrons. The summed E-state index contributed by atoms with van der Waals surface area (Å²) in [6.07, 6.45) is 3.92. The third-order valence-electron chi connectivity index (χ3n) is 4.59. The molecule has 1 aliphatic rings. The fourth-order valence-corrected chi connectivity index (χ4v) is 3.16. The summed E-state index contributed by atoms with van der Waals surface area (Å²) >= 11 is 0. The summed E-state index contributed by atoms with van der Waals surface area (Å²) in [6.45, 7) is 7.73. The maximum absolute atomic E-state index is 12.2. The monoisotopic (exact) mass is 357 g/mol. The molecule has 0 atom stereocenters. The van der Waals surface area contributed by atoms with Crippen molar-refractivity contribution in [2.24, 2.45) is 5.73 Å². The third-order valence-corrected chi connectivity index (χ3v) is 4.59. The molecule has 1 fully saturated rings. The molecule has 0 aliphatic heterocycles. The number of benzene rings is 1. The van der Waals surface area contributed by atoms with Gasteiger partial charge in [0, 0.05) is 16.8 Å². The van der Waals surface area contributed by atoms with Gasteiger partial charge in [-0.1, -0.05) is 24.1 Å². The number of hydrogen-bond acceptors (Lipinski definition) is 5. The average Bonchev–Trinajstić information content (AvgIpc) is 3.17. The van der Waals surface area contributed by atoms with Crippen LogP contribution in [0.1, 0.15) is 57.8 Å². The third kappa shape index (κ3) is 4.04. The van der Waals surface area contributed by atoms with E-state index in [1.54, 1.807) is 0 Å². The lowest BCUT2D eigenvalue weighted by Crippen LogP contribution is -2.43. The van der Waals surface area contributed by atoms with Gasteiger partial charge in [-0.3, -0.25) is 0 Å². The minimum absolute atomic E-state index is 0.254. The van der Waals surface area contributed by atoms with E-state index in [9.17, 15) is 4.79 Å². The van der Waals surface area contributed by atoms with Gasteiger partial charge in [0.15, 0.2) is 5.82 Å². The number of nitrogens with zero attached hydrogens (tertiary/aromatic N) is 2. The normalized spacial score (nSPS) is 16.5. The molecule has 0 saturated heterocycles. The van der Waals surface area contributed by atoms with Gasteiger partial charge in [0.25, 0.3) is 5.89 Å².